The summed E-state index contributed by atoms with van der Waals surface area (Å²) in [5, 5.41) is 11.0. The van der Waals surface area contributed by atoms with Crippen LogP contribution in [0, 0.1) is 6.92 Å². The van der Waals surface area contributed by atoms with E-state index < -0.39 is 42.9 Å². The minimum Gasteiger partial charge on any atom is -0.382 e. The van der Waals surface area contributed by atoms with E-state index in [1.165, 1.54) is 12.1 Å². The highest BCUT2D eigenvalue weighted by Crippen LogP contribution is 2.36. The number of carbonyl (C=O) groups excluding carboxylic acids is 2. The van der Waals surface area contributed by atoms with E-state index in [2.05, 4.69) is 15.6 Å². The van der Waals surface area contributed by atoms with Crippen molar-refractivity contribution in [3.8, 4) is 0 Å². The molecule has 7 nitrogen and oxygen atoms in total. The first-order chi connectivity index (χ1) is 14.9. The molecule has 0 aliphatic carbocycles. The predicted octanol–water partition coefficient (Wildman–Crippen LogP) is 4.06. The van der Waals surface area contributed by atoms with Crippen molar-refractivity contribution in [3.63, 3.8) is 0 Å². The van der Waals surface area contributed by atoms with Gasteiger partial charge in [0.2, 0.25) is 0 Å². The van der Waals surface area contributed by atoms with E-state index in [0.717, 1.165) is 11.4 Å². The molecular formula is C21H22ClF3N4O3. The molecular weight excluding hydrogens is 449 g/mol. The first-order valence-electron chi connectivity index (χ1n) is 9.81. The molecule has 0 spiro atoms. The van der Waals surface area contributed by atoms with Crippen LogP contribution in [0.2, 0.25) is 5.02 Å². The van der Waals surface area contributed by atoms with Gasteiger partial charge in [-0.1, -0.05) is 22.8 Å². The molecule has 2 aromatic rings. The number of hydrogen-bond donors (Lipinski definition) is 1. The van der Waals surface area contributed by atoms with Crippen LogP contribution in [0.1, 0.15) is 53.5 Å². The van der Waals surface area contributed by atoms with Crippen molar-refractivity contribution in [3.05, 3.63) is 51.8 Å². The smallest absolute Gasteiger partial charge is 0.382 e. The van der Waals surface area contributed by atoms with Gasteiger partial charge < -0.3 is 10.2 Å². The standard InChI is InChI=1S/C21H22ClF3N4O3/c1-12-8-18(29(3)27-12)20(2)10-17(28-32-20)13-4-5-16(22)15(9-13)19(31)26-11-14(30)6-7-21(23,24)25/h4-5,8-9H,6-7,10-11H2,1-3H3,(H,26,31). The topological polar surface area (TPSA) is 85.6 Å². The molecule has 1 unspecified atom stereocenters. The van der Waals surface area contributed by atoms with Gasteiger partial charge in [0.1, 0.15) is 0 Å². The molecule has 1 atom stereocenters. The van der Waals surface area contributed by atoms with Crippen molar-refractivity contribution in [1.82, 2.24) is 15.1 Å². The van der Waals surface area contributed by atoms with E-state index in [-0.39, 0.29) is 10.6 Å². The number of amides is 1. The van der Waals surface area contributed by atoms with Crippen LogP contribution in [0.3, 0.4) is 0 Å². The van der Waals surface area contributed by atoms with E-state index in [9.17, 15) is 22.8 Å². The van der Waals surface area contributed by atoms with Gasteiger partial charge in [-0.15, -0.1) is 0 Å². The normalized spacial score (nSPS) is 18.3. The zero-order valence-electron chi connectivity index (χ0n) is 17.7. The quantitative estimate of drug-likeness (QED) is 0.661. The predicted molar refractivity (Wildman–Crippen MR) is 112 cm³/mol. The lowest BCUT2D eigenvalue weighted by atomic mass is 9.92. The van der Waals surface area contributed by atoms with Crippen molar-refractivity contribution < 1.29 is 27.6 Å². The Hall–Kier alpha value is -2.88. The average molecular weight is 471 g/mol. The second-order valence-electron chi connectivity index (χ2n) is 7.86. The molecule has 1 N–H and O–H groups in total. The van der Waals surface area contributed by atoms with Gasteiger partial charge in [0.25, 0.3) is 5.91 Å². The third-order valence-corrected chi connectivity index (χ3v) is 5.41. The van der Waals surface area contributed by atoms with E-state index in [0.29, 0.717) is 17.7 Å². The number of alkyl halides is 3. The van der Waals surface area contributed by atoms with Gasteiger partial charge in [0.15, 0.2) is 11.4 Å². The Kier molecular flexibility index (Phi) is 6.64. The van der Waals surface area contributed by atoms with Crippen molar-refractivity contribution in [2.45, 2.75) is 44.9 Å². The molecule has 1 aromatic carbocycles. The fraction of sp³-hybridized carbons (Fsp3) is 0.429. The SMILES string of the molecule is Cc1cc(C2(C)CC(c3ccc(Cl)c(C(=O)NCC(=O)CCC(F)(F)F)c3)=NO2)n(C)n1. The van der Waals surface area contributed by atoms with Crippen molar-refractivity contribution in [2.75, 3.05) is 6.54 Å². The van der Waals surface area contributed by atoms with Crippen LogP contribution in [0.4, 0.5) is 13.2 Å². The molecule has 1 aliphatic heterocycles. The van der Waals surface area contributed by atoms with Crippen LogP contribution in [0.15, 0.2) is 29.4 Å². The second-order valence-corrected chi connectivity index (χ2v) is 8.27. The largest absolute Gasteiger partial charge is 0.389 e. The zero-order valence-corrected chi connectivity index (χ0v) is 18.5. The highest BCUT2D eigenvalue weighted by molar-refractivity contribution is 6.34. The monoisotopic (exact) mass is 470 g/mol. The van der Waals surface area contributed by atoms with E-state index in [1.54, 1.807) is 10.7 Å². The molecule has 1 aliphatic rings. The molecule has 1 aromatic heterocycles. The number of rotatable bonds is 7. The van der Waals surface area contributed by atoms with Gasteiger partial charge in [0.05, 0.1) is 40.7 Å². The van der Waals surface area contributed by atoms with Gasteiger partial charge in [-0.2, -0.15) is 18.3 Å². The third kappa shape index (κ3) is 5.48. The first kappa shape index (κ1) is 23.8. The Morgan fingerprint density at radius 2 is 2.03 bits per heavy atom. The molecule has 0 saturated carbocycles. The Balaban J connectivity index is 1.69. The Labute approximate surface area is 187 Å². The minimum absolute atomic E-state index is 0.0838. The summed E-state index contributed by atoms with van der Waals surface area (Å²) in [5.41, 5.74) is 2.23. The molecule has 1 amide bonds. The summed E-state index contributed by atoms with van der Waals surface area (Å²) in [6, 6.07) is 6.63. The summed E-state index contributed by atoms with van der Waals surface area (Å²) in [4.78, 5) is 29.8. The molecule has 0 fully saturated rings. The van der Waals surface area contributed by atoms with Crippen LogP contribution in [0.25, 0.3) is 0 Å². The number of nitrogens with zero attached hydrogens (tertiary/aromatic N) is 3. The van der Waals surface area contributed by atoms with E-state index in [4.69, 9.17) is 16.4 Å². The first-order valence-corrected chi connectivity index (χ1v) is 10.2. The van der Waals surface area contributed by atoms with Crippen molar-refractivity contribution in [2.24, 2.45) is 12.2 Å². The minimum atomic E-state index is -4.43. The average Bonchev–Trinajstić information content (AvgIpc) is 3.27. The van der Waals surface area contributed by atoms with Crippen LogP contribution in [0.5, 0.6) is 0 Å². The lowest BCUT2D eigenvalue weighted by Crippen LogP contribution is -2.30. The van der Waals surface area contributed by atoms with Gasteiger partial charge in [0, 0.05) is 25.5 Å². The highest BCUT2D eigenvalue weighted by atomic mass is 35.5. The van der Waals surface area contributed by atoms with Crippen LogP contribution >= 0.6 is 11.6 Å². The van der Waals surface area contributed by atoms with E-state index >= 15 is 0 Å². The lowest BCUT2D eigenvalue weighted by molar-refractivity contribution is -0.142. The van der Waals surface area contributed by atoms with Crippen molar-refractivity contribution >= 4 is 29.0 Å². The molecule has 0 saturated heterocycles. The lowest BCUT2D eigenvalue weighted by Gasteiger charge is -2.21. The maximum atomic E-state index is 12.5. The van der Waals surface area contributed by atoms with E-state index in [1.807, 2.05) is 27.0 Å². The second kappa shape index (κ2) is 8.93. The fourth-order valence-corrected chi connectivity index (χ4v) is 3.66. The summed E-state index contributed by atoms with van der Waals surface area (Å²) in [6.07, 6.45) is -5.93. The number of ketones is 1. The van der Waals surface area contributed by atoms with Gasteiger partial charge in [-0.3, -0.25) is 14.3 Å². The Morgan fingerprint density at radius 1 is 1.31 bits per heavy atom. The molecule has 32 heavy (non-hydrogen) atoms. The number of carbonyl (C=O) groups is 2. The highest BCUT2D eigenvalue weighted by Gasteiger charge is 2.39. The summed E-state index contributed by atoms with van der Waals surface area (Å²) < 4.78 is 38.4. The number of Topliss-reactive ketones (excluding diaryl/α,β-unsaturated/α-hetero) is 1. The van der Waals surface area contributed by atoms with Crippen LogP contribution in [-0.4, -0.2) is 39.9 Å². The van der Waals surface area contributed by atoms with Gasteiger partial charge >= 0.3 is 6.18 Å². The van der Waals surface area contributed by atoms with Gasteiger partial charge in [-0.05, 0) is 32.0 Å². The maximum Gasteiger partial charge on any atom is 0.389 e. The maximum absolute atomic E-state index is 12.5. The Bertz CT molecular complexity index is 1080. The summed E-state index contributed by atoms with van der Waals surface area (Å²) >= 11 is 6.13. The zero-order chi connectivity index (χ0) is 23.7. The number of aryl methyl sites for hydroxylation is 2. The van der Waals surface area contributed by atoms with Crippen molar-refractivity contribution in [1.29, 1.82) is 0 Å². The molecule has 11 heteroatoms. The number of oxime groups is 1. The number of aromatic nitrogens is 2. The Morgan fingerprint density at radius 3 is 2.66 bits per heavy atom. The summed E-state index contributed by atoms with van der Waals surface area (Å²) in [5.74, 6) is -1.39. The number of benzene rings is 1. The summed E-state index contributed by atoms with van der Waals surface area (Å²) in [7, 11) is 1.82. The molecule has 2 heterocycles. The third-order valence-electron chi connectivity index (χ3n) is 5.08. The van der Waals surface area contributed by atoms with Crippen LogP contribution in [-0.2, 0) is 22.3 Å². The molecule has 3 rings (SSSR count). The van der Waals surface area contributed by atoms with Gasteiger partial charge in [-0.25, -0.2) is 0 Å². The number of nitrogens with one attached hydrogen (secondary N) is 1. The molecule has 0 bridgehead atoms. The number of hydrogen-bond acceptors (Lipinski definition) is 5. The summed E-state index contributed by atoms with van der Waals surface area (Å²) in [6.45, 7) is 3.25. The number of halogens is 4. The van der Waals surface area contributed by atoms with Crippen LogP contribution < -0.4 is 5.32 Å². The fourth-order valence-electron chi connectivity index (χ4n) is 3.46. The molecule has 172 valence electrons. The molecule has 0 radical (unpaired) electrons.